The Balaban J connectivity index is 1.98. The molecule has 0 aliphatic rings. The van der Waals surface area contributed by atoms with E-state index in [1.165, 1.54) is 17.1 Å². The molecule has 1 heterocycles. The van der Waals surface area contributed by atoms with Crippen molar-refractivity contribution in [3.05, 3.63) is 63.3 Å². The first-order valence-electron chi connectivity index (χ1n) is 6.85. The van der Waals surface area contributed by atoms with Crippen LogP contribution >= 0.6 is 0 Å². The Morgan fingerprint density at radius 1 is 1.24 bits per heavy atom. The maximum absolute atomic E-state index is 12.1. The number of benzene rings is 1. The number of rotatable bonds is 4. The first-order chi connectivity index (χ1) is 9.99. The Labute approximate surface area is 123 Å². The second kappa shape index (κ2) is 6.35. The molecule has 0 bridgehead atoms. The van der Waals surface area contributed by atoms with Crippen molar-refractivity contribution in [3.63, 3.8) is 0 Å². The van der Waals surface area contributed by atoms with Gasteiger partial charge in [0.1, 0.15) is 0 Å². The molecule has 21 heavy (non-hydrogen) atoms. The van der Waals surface area contributed by atoms with Gasteiger partial charge >= 0.3 is 0 Å². The fourth-order valence-electron chi connectivity index (χ4n) is 2.17. The second-order valence-electron chi connectivity index (χ2n) is 5.15. The molecule has 0 fully saturated rings. The van der Waals surface area contributed by atoms with Crippen LogP contribution in [0.5, 0.6) is 0 Å². The highest BCUT2D eigenvalue weighted by molar-refractivity contribution is 5.95. The SMILES string of the molecule is Cc1ccc(C(=O)NCCn2cncc(C)c2=O)c(C)c1. The Kier molecular flexibility index (Phi) is 4.52. The van der Waals surface area contributed by atoms with E-state index in [1.54, 1.807) is 6.92 Å². The van der Waals surface area contributed by atoms with Crippen LogP contribution in [0.3, 0.4) is 0 Å². The molecule has 0 unspecified atom stereocenters. The van der Waals surface area contributed by atoms with Gasteiger partial charge in [0.25, 0.3) is 11.5 Å². The summed E-state index contributed by atoms with van der Waals surface area (Å²) in [6.45, 7) is 6.42. The van der Waals surface area contributed by atoms with Crippen LogP contribution in [0, 0.1) is 20.8 Å². The van der Waals surface area contributed by atoms with Crippen molar-refractivity contribution in [1.29, 1.82) is 0 Å². The Hall–Kier alpha value is -2.43. The topological polar surface area (TPSA) is 64.0 Å². The zero-order valence-corrected chi connectivity index (χ0v) is 12.5. The van der Waals surface area contributed by atoms with Crippen LogP contribution in [0.4, 0.5) is 0 Å². The maximum atomic E-state index is 12.1. The molecule has 1 N–H and O–H groups in total. The molecule has 1 aromatic carbocycles. The van der Waals surface area contributed by atoms with E-state index in [9.17, 15) is 9.59 Å². The summed E-state index contributed by atoms with van der Waals surface area (Å²) in [5.74, 6) is -0.124. The van der Waals surface area contributed by atoms with E-state index in [0.717, 1.165) is 11.1 Å². The first kappa shape index (κ1) is 15.0. The quantitative estimate of drug-likeness (QED) is 0.928. The Morgan fingerprint density at radius 2 is 2.00 bits per heavy atom. The van der Waals surface area contributed by atoms with Crippen LogP contribution in [0.2, 0.25) is 0 Å². The van der Waals surface area contributed by atoms with Crippen molar-refractivity contribution in [3.8, 4) is 0 Å². The lowest BCUT2D eigenvalue weighted by Crippen LogP contribution is -2.31. The molecule has 2 rings (SSSR count). The van der Waals surface area contributed by atoms with Crippen molar-refractivity contribution in [2.24, 2.45) is 0 Å². The lowest BCUT2D eigenvalue weighted by Gasteiger charge is -2.09. The molecule has 0 atom stereocenters. The highest BCUT2D eigenvalue weighted by atomic mass is 16.1. The van der Waals surface area contributed by atoms with E-state index in [4.69, 9.17) is 0 Å². The van der Waals surface area contributed by atoms with Gasteiger partial charge in [0, 0.05) is 30.4 Å². The monoisotopic (exact) mass is 285 g/mol. The molecular weight excluding hydrogens is 266 g/mol. The van der Waals surface area contributed by atoms with Crippen molar-refractivity contribution < 1.29 is 4.79 Å². The van der Waals surface area contributed by atoms with Gasteiger partial charge in [-0.25, -0.2) is 4.98 Å². The minimum Gasteiger partial charge on any atom is -0.350 e. The van der Waals surface area contributed by atoms with E-state index in [2.05, 4.69) is 10.3 Å². The number of amides is 1. The van der Waals surface area contributed by atoms with Gasteiger partial charge in [-0.15, -0.1) is 0 Å². The molecule has 2 aromatic rings. The lowest BCUT2D eigenvalue weighted by molar-refractivity contribution is 0.0951. The average molecular weight is 285 g/mol. The lowest BCUT2D eigenvalue weighted by atomic mass is 10.1. The summed E-state index contributed by atoms with van der Waals surface area (Å²) in [6, 6.07) is 5.71. The van der Waals surface area contributed by atoms with Crippen molar-refractivity contribution in [1.82, 2.24) is 14.9 Å². The predicted molar refractivity (Wildman–Crippen MR) is 81.5 cm³/mol. The molecule has 5 heteroatoms. The summed E-state index contributed by atoms with van der Waals surface area (Å²) in [5, 5.41) is 2.83. The third kappa shape index (κ3) is 3.56. The van der Waals surface area contributed by atoms with E-state index >= 15 is 0 Å². The van der Waals surface area contributed by atoms with E-state index in [1.807, 2.05) is 32.0 Å². The first-order valence-corrected chi connectivity index (χ1v) is 6.85. The van der Waals surface area contributed by atoms with Gasteiger partial charge in [-0.3, -0.25) is 14.2 Å². The molecule has 0 saturated carbocycles. The molecular formula is C16H19N3O2. The van der Waals surface area contributed by atoms with Crippen LogP contribution in [0.25, 0.3) is 0 Å². The highest BCUT2D eigenvalue weighted by Crippen LogP contribution is 2.10. The number of aryl methyl sites for hydroxylation is 3. The van der Waals surface area contributed by atoms with Gasteiger partial charge < -0.3 is 5.32 Å². The number of carbonyl (C=O) groups is 1. The van der Waals surface area contributed by atoms with Crippen molar-refractivity contribution in [2.75, 3.05) is 6.54 Å². The van der Waals surface area contributed by atoms with E-state index < -0.39 is 0 Å². The number of nitrogens with zero attached hydrogens (tertiary/aromatic N) is 2. The summed E-state index contributed by atoms with van der Waals surface area (Å²) in [4.78, 5) is 27.9. The summed E-state index contributed by atoms with van der Waals surface area (Å²) in [7, 11) is 0. The molecule has 0 saturated heterocycles. The van der Waals surface area contributed by atoms with Crippen LogP contribution < -0.4 is 10.9 Å². The summed E-state index contributed by atoms with van der Waals surface area (Å²) in [5.41, 5.74) is 3.25. The molecule has 110 valence electrons. The standard InChI is InChI=1S/C16H19N3O2/c1-11-4-5-14(12(2)8-11)15(20)18-6-7-19-10-17-9-13(3)16(19)21/h4-5,8-10H,6-7H2,1-3H3,(H,18,20). The Bertz CT molecular complexity index is 720. The average Bonchev–Trinajstić information content (AvgIpc) is 2.43. The van der Waals surface area contributed by atoms with Gasteiger partial charge in [-0.05, 0) is 32.4 Å². The van der Waals surface area contributed by atoms with Crippen LogP contribution in [0.15, 0.2) is 35.5 Å². The number of aromatic nitrogens is 2. The summed E-state index contributed by atoms with van der Waals surface area (Å²) in [6.07, 6.45) is 3.02. The van der Waals surface area contributed by atoms with Crippen molar-refractivity contribution in [2.45, 2.75) is 27.3 Å². The number of hydrogen-bond donors (Lipinski definition) is 1. The predicted octanol–water partition coefficient (Wildman–Crippen LogP) is 1.60. The molecule has 0 aliphatic carbocycles. The summed E-state index contributed by atoms with van der Waals surface area (Å²) >= 11 is 0. The van der Waals surface area contributed by atoms with Crippen LogP contribution in [-0.2, 0) is 6.54 Å². The number of hydrogen-bond acceptors (Lipinski definition) is 3. The van der Waals surface area contributed by atoms with Gasteiger partial charge in [-0.1, -0.05) is 17.7 Å². The van der Waals surface area contributed by atoms with Crippen LogP contribution in [0.1, 0.15) is 27.0 Å². The fourth-order valence-corrected chi connectivity index (χ4v) is 2.17. The second-order valence-corrected chi connectivity index (χ2v) is 5.15. The molecule has 1 amide bonds. The van der Waals surface area contributed by atoms with E-state index in [0.29, 0.717) is 24.2 Å². The fraction of sp³-hybridized carbons (Fsp3) is 0.312. The van der Waals surface area contributed by atoms with Gasteiger partial charge in [0.15, 0.2) is 0 Å². The largest absolute Gasteiger partial charge is 0.350 e. The third-order valence-electron chi connectivity index (χ3n) is 3.34. The Morgan fingerprint density at radius 3 is 2.71 bits per heavy atom. The summed E-state index contributed by atoms with van der Waals surface area (Å²) < 4.78 is 1.50. The zero-order chi connectivity index (χ0) is 15.4. The minimum absolute atomic E-state index is 0.0780. The molecule has 0 radical (unpaired) electrons. The van der Waals surface area contributed by atoms with Gasteiger partial charge in [0.05, 0.1) is 6.33 Å². The zero-order valence-electron chi connectivity index (χ0n) is 12.5. The highest BCUT2D eigenvalue weighted by Gasteiger charge is 2.08. The van der Waals surface area contributed by atoms with Gasteiger partial charge in [-0.2, -0.15) is 0 Å². The number of carbonyl (C=O) groups excluding carboxylic acids is 1. The molecule has 0 aliphatic heterocycles. The van der Waals surface area contributed by atoms with Gasteiger partial charge in [0.2, 0.25) is 0 Å². The smallest absolute Gasteiger partial charge is 0.256 e. The van der Waals surface area contributed by atoms with Crippen LogP contribution in [-0.4, -0.2) is 22.0 Å². The maximum Gasteiger partial charge on any atom is 0.256 e. The molecule has 5 nitrogen and oxygen atoms in total. The molecule has 1 aromatic heterocycles. The number of nitrogens with one attached hydrogen (secondary N) is 1. The molecule has 0 spiro atoms. The normalized spacial score (nSPS) is 10.4. The third-order valence-corrected chi connectivity index (χ3v) is 3.34. The van der Waals surface area contributed by atoms with Crippen molar-refractivity contribution >= 4 is 5.91 Å². The van der Waals surface area contributed by atoms with E-state index in [-0.39, 0.29) is 11.5 Å². The minimum atomic E-state index is -0.124.